The maximum Gasteiger partial charge on any atom is 0.249 e. The van der Waals surface area contributed by atoms with Crippen LogP contribution in [0.5, 0.6) is 17.2 Å². The van der Waals surface area contributed by atoms with Crippen molar-refractivity contribution < 1.29 is 23.8 Å². The maximum atomic E-state index is 14.2. The number of ether oxygens (including phenoxy) is 3. The van der Waals surface area contributed by atoms with E-state index < -0.39 is 11.6 Å². The van der Waals surface area contributed by atoms with Gasteiger partial charge in [-0.2, -0.15) is 0 Å². The normalized spacial score (nSPS) is 12.1. The van der Waals surface area contributed by atoms with E-state index in [0.29, 0.717) is 39.5 Å². The van der Waals surface area contributed by atoms with Crippen molar-refractivity contribution in [3.63, 3.8) is 0 Å². The second-order valence-corrected chi connectivity index (χ2v) is 9.99. The molecule has 0 aliphatic carbocycles. The number of methoxy groups -OCH3 is 3. The lowest BCUT2D eigenvalue weighted by Crippen LogP contribution is -2.50. The third-order valence-corrected chi connectivity index (χ3v) is 6.02. The van der Waals surface area contributed by atoms with Crippen LogP contribution in [0.1, 0.15) is 32.4 Å². The van der Waals surface area contributed by atoms with Crippen LogP contribution in [0, 0.1) is 0 Å². The number of hydrogen-bond donors (Lipinski definition) is 1. The molecule has 1 atom stereocenters. The van der Waals surface area contributed by atoms with E-state index in [1.165, 1.54) is 23.8 Å². The van der Waals surface area contributed by atoms with Gasteiger partial charge in [-0.1, -0.05) is 17.3 Å². The van der Waals surface area contributed by atoms with Crippen molar-refractivity contribution in [2.24, 2.45) is 0 Å². The highest BCUT2D eigenvalue weighted by atomic mass is 16.5. The molecule has 0 radical (unpaired) electrons. The van der Waals surface area contributed by atoms with E-state index in [-0.39, 0.29) is 18.4 Å². The van der Waals surface area contributed by atoms with Crippen molar-refractivity contribution >= 4 is 28.5 Å². The number of benzene rings is 3. The molecule has 4 rings (SSSR count). The lowest BCUT2D eigenvalue weighted by atomic mass is 10.00. The standard InChI is InChI=1S/C29H33N5O5/c1-29(2,3)30-28(36)27(19-15-22(38-5)17-23(16-19)39-6)34(20-11-13-21(37-4)14-12-20)26(35)18-33-25-10-8-7-9-24(25)31-32-33/h7-17,27H,18H2,1-6H3,(H,30,36)/t27-/m0/s1. The minimum Gasteiger partial charge on any atom is -0.497 e. The van der Waals surface area contributed by atoms with Crippen molar-refractivity contribution in [2.45, 2.75) is 38.9 Å². The average molecular weight is 532 g/mol. The highest BCUT2D eigenvalue weighted by Gasteiger charge is 2.35. The van der Waals surface area contributed by atoms with Crippen molar-refractivity contribution in [2.75, 3.05) is 26.2 Å². The molecule has 204 valence electrons. The maximum absolute atomic E-state index is 14.2. The van der Waals surface area contributed by atoms with Crippen molar-refractivity contribution in [3.05, 3.63) is 72.3 Å². The summed E-state index contributed by atoms with van der Waals surface area (Å²) in [7, 11) is 4.63. The molecule has 10 heteroatoms. The Kier molecular flexibility index (Phi) is 8.04. The Balaban J connectivity index is 1.88. The molecule has 0 fully saturated rings. The van der Waals surface area contributed by atoms with Gasteiger partial charge in [0.15, 0.2) is 0 Å². The van der Waals surface area contributed by atoms with Gasteiger partial charge >= 0.3 is 0 Å². The smallest absolute Gasteiger partial charge is 0.249 e. The number of carbonyl (C=O) groups excluding carboxylic acids is 2. The second kappa shape index (κ2) is 11.4. The predicted molar refractivity (Wildman–Crippen MR) is 148 cm³/mol. The predicted octanol–water partition coefficient (Wildman–Crippen LogP) is 4.15. The Hall–Kier alpha value is -4.60. The third kappa shape index (κ3) is 6.28. The van der Waals surface area contributed by atoms with E-state index in [1.807, 2.05) is 45.0 Å². The summed E-state index contributed by atoms with van der Waals surface area (Å²) in [5, 5.41) is 11.4. The molecule has 0 spiro atoms. The number of hydrogen-bond acceptors (Lipinski definition) is 7. The van der Waals surface area contributed by atoms with Gasteiger partial charge in [-0.15, -0.1) is 5.10 Å². The Morgan fingerprint density at radius 2 is 1.51 bits per heavy atom. The fourth-order valence-corrected chi connectivity index (χ4v) is 4.26. The quantitative estimate of drug-likeness (QED) is 0.346. The Labute approximate surface area is 227 Å². The third-order valence-electron chi connectivity index (χ3n) is 6.02. The first-order valence-electron chi connectivity index (χ1n) is 12.4. The Morgan fingerprint density at radius 1 is 0.897 bits per heavy atom. The summed E-state index contributed by atoms with van der Waals surface area (Å²) in [6, 6.07) is 18.4. The number of fused-ring (bicyclic) bond motifs is 1. The molecule has 3 aromatic carbocycles. The lowest BCUT2D eigenvalue weighted by Gasteiger charge is -2.34. The minimum atomic E-state index is -1.07. The summed E-state index contributed by atoms with van der Waals surface area (Å²) >= 11 is 0. The van der Waals surface area contributed by atoms with Gasteiger partial charge in [-0.25, -0.2) is 4.68 Å². The second-order valence-electron chi connectivity index (χ2n) is 9.99. The Morgan fingerprint density at radius 3 is 2.10 bits per heavy atom. The van der Waals surface area contributed by atoms with E-state index in [1.54, 1.807) is 49.6 Å². The van der Waals surface area contributed by atoms with Crippen molar-refractivity contribution in [1.29, 1.82) is 0 Å². The zero-order valence-electron chi connectivity index (χ0n) is 23.0. The van der Waals surface area contributed by atoms with Crippen LogP contribution >= 0.6 is 0 Å². The van der Waals surface area contributed by atoms with E-state index in [4.69, 9.17) is 14.2 Å². The van der Waals surface area contributed by atoms with Gasteiger partial charge in [0.25, 0.3) is 0 Å². The number of nitrogens with one attached hydrogen (secondary N) is 1. The van der Waals surface area contributed by atoms with Crippen LogP contribution < -0.4 is 24.4 Å². The van der Waals surface area contributed by atoms with Crippen LogP contribution in [0.3, 0.4) is 0 Å². The fraction of sp³-hybridized carbons (Fsp3) is 0.310. The van der Waals surface area contributed by atoms with E-state index in [0.717, 1.165) is 0 Å². The highest BCUT2D eigenvalue weighted by Crippen LogP contribution is 2.34. The van der Waals surface area contributed by atoms with Crippen molar-refractivity contribution in [1.82, 2.24) is 20.3 Å². The molecule has 0 saturated heterocycles. The van der Waals surface area contributed by atoms with Crippen LogP contribution in [-0.4, -0.2) is 53.7 Å². The number of nitrogens with zero attached hydrogens (tertiary/aromatic N) is 4. The summed E-state index contributed by atoms with van der Waals surface area (Å²) in [5.74, 6) is 0.855. The molecule has 0 unspecified atom stereocenters. The molecule has 4 aromatic rings. The average Bonchev–Trinajstić information content (AvgIpc) is 3.32. The SMILES string of the molecule is COc1ccc(N(C(=O)Cn2nnc3ccccc32)[C@H](C(=O)NC(C)(C)C)c2cc(OC)cc(OC)c2)cc1. The van der Waals surface area contributed by atoms with Gasteiger partial charge in [0.1, 0.15) is 35.4 Å². The lowest BCUT2D eigenvalue weighted by molar-refractivity contribution is -0.128. The van der Waals surface area contributed by atoms with Gasteiger partial charge in [-0.05, 0) is 74.9 Å². The monoisotopic (exact) mass is 531 g/mol. The molecule has 39 heavy (non-hydrogen) atoms. The van der Waals surface area contributed by atoms with Crippen molar-refractivity contribution in [3.8, 4) is 17.2 Å². The molecule has 0 aliphatic rings. The van der Waals surface area contributed by atoms with Gasteiger partial charge < -0.3 is 19.5 Å². The number of anilines is 1. The minimum absolute atomic E-state index is 0.146. The molecule has 1 N–H and O–H groups in total. The van der Waals surface area contributed by atoms with Gasteiger partial charge in [0.2, 0.25) is 11.8 Å². The molecule has 2 amide bonds. The van der Waals surface area contributed by atoms with Gasteiger partial charge in [0, 0.05) is 17.3 Å². The first-order chi connectivity index (χ1) is 18.6. The first kappa shape index (κ1) is 27.4. The zero-order valence-corrected chi connectivity index (χ0v) is 23.0. The number of carbonyl (C=O) groups is 2. The Bertz CT molecular complexity index is 1440. The van der Waals surface area contributed by atoms with Crippen LogP contribution in [0.4, 0.5) is 5.69 Å². The molecule has 1 heterocycles. The van der Waals surface area contributed by atoms with E-state index in [9.17, 15) is 9.59 Å². The number of amides is 2. The largest absolute Gasteiger partial charge is 0.497 e. The number of rotatable bonds is 9. The summed E-state index contributed by atoms with van der Waals surface area (Å²) in [5.41, 5.74) is 1.83. The molecule has 0 bridgehead atoms. The van der Waals surface area contributed by atoms with E-state index in [2.05, 4.69) is 15.6 Å². The van der Waals surface area contributed by atoms with Gasteiger partial charge in [0.05, 0.1) is 26.8 Å². The summed E-state index contributed by atoms with van der Waals surface area (Å²) in [4.78, 5) is 29.6. The summed E-state index contributed by atoms with van der Waals surface area (Å²) < 4.78 is 17.8. The molecular formula is C29H33N5O5. The molecule has 0 saturated carbocycles. The summed E-state index contributed by atoms with van der Waals surface area (Å²) in [6.07, 6.45) is 0. The fourth-order valence-electron chi connectivity index (χ4n) is 4.26. The topological polar surface area (TPSA) is 108 Å². The molecule has 1 aromatic heterocycles. The number of para-hydroxylation sites is 1. The molecule has 10 nitrogen and oxygen atoms in total. The van der Waals surface area contributed by atoms with Crippen LogP contribution in [0.2, 0.25) is 0 Å². The zero-order chi connectivity index (χ0) is 28.2. The van der Waals surface area contributed by atoms with Crippen LogP contribution in [0.25, 0.3) is 11.0 Å². The number of aromatic nitrogens is 3. The molecule has 0 aliphatic heterocycles. The summed E-state index contributed by atoms with van der Waals surface area (Å²) in [6.45, 7) is 5.51. The highest BCUT2D eigenvalue weighted by molar-refractivity contribution is 6.01. The van der Waals surface area contributed by atoms with Gasteiger partial charge in [-0.3, -0.25) is 14.5 Å². The van der Waals surface area contributed by atoms with Crippen LogP contribution in [0.15, 0.2) is 66.7 Å². The first-order valence-corrected chi connectivity index (χ1v) is 12.4. The van der Waals surface area contributed by atoms with E-state index >= 15 is 0 Å². The molecular weight excluding hydrogens is 498 g/mol. The van der Waals surface area contributed by atoms with Crippen LogP contribution in [-0.2, 0) is 16.1 Å².